The van der Waals surface area contributed by atoms with E-state index in [1.165, 1.54) is 199 Å². The van der Waals surface area contributed by atoms with Gasteiger partial charge in [0.05, 0.1) is 6.10 Å². The molecule has 1 N–H and O–H groups in total. The molecule has 0 aliphatic heterocycles. The van der Waals surface area contributed by atoms with Crippen molar-refractivity contribution in [2.75, 3.05) is 0 Å². The smallest absolute Gasteiger partial charge is 0.306 e. The Kier molecular flexibility index (Phi) is 43.9. The van der Waals surface area contributed by atoms with Crippen LogP contribution in [0, 0.1) is 0 Å². The van der Waals surface area contributed by atoms with E-state index in [0.29, 0.717) is 12.8 Å². The van der Waals surface area contributed by atoms with E-state index in [4.69, 9.17) is 9.84 Å². The molecule has 0 aromatic carbocycles. The minimum atomic E-state index is -0.652. The Labute approximate surface area is 295 Å². The molecule has 282 valence electrons. The van der Waals surface area contributed by atoms with Gasteiger partial charge in [0.1, 0.15) is 0 Å². The number of unbranched alkanes of at least 4 members (excludes halogenated alkanes) is 32. The Morgan fingerprint density at radius 3 is 0.809 bits per heavy atom. The molecule has 0 saturated heterocycles. The molecule has 0 rings (SSSR count). The van der Waals surface area contributed by atoms with Gasteiger partial charge in [-0.3, -0.25) is 9.59 Å². The lowest BCUT2D eigenvalue weighted by atomic mass is 10.0. The number of carboxylic acid groups (broad SMARTS) is 1. The maximum absolute atomic E-state index is 11.4. The van der Waals surface area contributed by atoms with Gasteiger partial charge in [-0.05, 0) is 26.7 Å². The van der Waals surface area contributed by atoms with Crippen molar-refractivity contribution < 1.29 is 19.4 Å². The molecule has 0 spiro atoms. The predicted octanol–water partition coefficient (Wildman–Crippen LogP) is 15.1. The van der Waals surface area contributed by atoms with E-state index in [1.54, 1.807) is 0 Å². The fourth-order valence-corrected chi connectivity index (χ4v) is 6.32. The number of hydrogen-bond donors (Lipinski definition) is 1. The van der Waals surface area contributed by atoms with Crippen LogP contribution in [-0.4, -0.2) is 23.1 Å². The minimum Gasteiger partial charge on any atom is -0.481 e. The second-order valence-corrected chi connectivity index (χ2v) is 14.7. The van der Waals surface area contributed by atoms with Crippen LogP contribution in [0.15, 0.2) is 0 Å². The quantitative estimate of drug-likeness (QED) is 0.0529. The largest absolute Gasteiger partial charge is 0.481 e. The van der Waals surface area contributed by atoms with Crippen molar-refractivity contribution in [2.24, 2.45) is 0 Å². The molecule has 0 saturated carbocycles. The molecule has 0 atom stereocenters. The Morgan fingerprint density at radius 2 is 0.596 bits per heavy atom. The van der Waals surface area contributed by atoms with Crippen molar-refractivity contribution in [3.8, 4) is 0 Å². The molecule has 0 heterocycles. The van der Waals surface area contributed by atoms with E-state index in [-0.39, 0.29) is 12.1 Å². The summed E-state index contributed by atoms with van der Waals surface area (Å²) >= 11 is 0. The van der Waals surface area contributed by atoms with E-state index in [2.05, 4.69) is 13.8 Å². The standard InChI is InChI=1S/C23H46O2.C20H40O2/c1-4-5-6-7-8-9-10-11-12-13-14-15-16-17-18-19-20-21-23(24)25-22(2)3;1-2-3-4-5-6-7-8-9-10-11-12-13-14-15-16-17-18-19-20(21)22/h22H,4-21H2,1-3H3;2-19H2,1H3,(H,21,22). The third kappa shape index (κ3) is 49.4. The topological polar surface area (TPSA) is 63.6 Å². The average molecular weight is 667 g/mol. The highest BCUT2D eigenvalue weighted by molar-refractivity contribution is 5.69. The maximum atomic E-state index is 11.4. The van der Waals surface area contributed by atoms with E-state index < -0.39 is 5.97 Å². The molecule has 47 heavy (non-hydrogen) atoms. The van der Waals surface area contributed by atoms with Gasteiger partial charge in [-0.25, -0.2) is 0 Å². The lowest BCUT2D eigenvalue weighted by Gasteiger charge is -2.07. The third-order valence-corrected chi connectivity index (χ3v) is 9.35. The maximum Gasteiger partial charge on any atom is 0.306 e. The first-order valence-corrected chi connectivity index (χ1v) is 21.3. The van der Waals surface area contributed by atoms with Crippen LogP contribution in [0.2, 0.25) is 0 Å². The third-order valence-electron chi connectivity index (χ3n) is 9.35. The zero-order chi connectivity index (χ0) is 34.9. The van der Waals surface area contributed by atoms with Crippen molar-refractivity contribution in [2.45, 2.75) is 265 Å². The van der Waals surface area contributed by atoms with Crippen molar-refractivity contribution >= 4 is 11.9 Å². The Hall–Kier alpha value is -1.06. The Balaban J connectivity index is 0. The number of ether oxygens (including phenoxy) is 1. The number of carbonyl (C=O) groups is 2. The van der Waals surface area contributed by atoms with Gasteiger partial charge < -0.3 is 9.84 Å². The fraction of sp³-hybridized carbons (Fsp3) is 0.953. The van der Waals surface area contributed by atoms with E-state index in [1.807, 2.05) is 13.8 Å². The average Bonchev–Trinajstić information content (AvgIpc) is 3.04. The van der Waals surface area contributed by atoms with Gasteiger partial charge >= 0.3 is 11.9 Å². The molecule has 0 aromatic rings. The normalized spacial score (nSPS) is 11.1. The molecule has 0 aliphatic rings. The highest BCUT2D eigenvalue weighted by Gasteiger charge is 2.04. The zero-order valence-corrected chi connectivity index (χ0v) is 32.7. The Morgan fingerprint density at radius 1 is 0.383 bits per heavy atom. The predicted molar refractivity (Wildman–Crippen MR) is 206 cm³/mol. The minimum absolute atomic E-state index is 0.0262. The summed E-state index contributed by atoms with van der Waals surface area (Å²) in [5.74, 6) is -0.683. The summed E-state index contributed by atoms with van der Waals surface area (Å²) in [7, 11) is 0. The SMILES string of the molecule is CCCCCCCCCCCCCCCCCCCC(=O)O.CCCCCCCCCCCCCCCCCCCC(=O)OC(C)C. The van der Waals surface area contributed by atoms with Crippen LogP contribution < -0.4 is 0 Å². The summed E-state index contributed by atoms with van der Waals surface area (Å²) in [6.45, 7) is 8.38. The number of rotatable bonds is 37. The lowest BCUT2D eigenvalue weighted by Crippen LogP contribution is -2.10. The van der Waals surface area contributed by atoms with Crippen LogP contribution >= 0.6 is 0 Å². The summed E-state index contributed by atoms with van der Waals surface area (Å²) in [5.41, 5.74) is 0. The summed E-state index contributed by atoms with van der Waals surface area (Å²) in [6.07, 6.45) is 47.0. The molecule has 0 fully saturated rings. The lowest BCUT2D eigenvalue weighted by molar-refractivity contribution is -0.147. The molecule has 0 radical (unpaired) electrons. The van der Waals surface area contributed by atoms with Crippen molar-refractivity contribution in [3.05, 3.63) is 0 Å². The summed E-state index contributed by atoms with van der Waals surface area (Å²) in [6, 6.07) is 0. The first kappa shape index (κ1) is 48.1. The van der Waals surface area contributed by atoms with Gasteiger partial charge in [0.25, 0.3) is 0 Å². The molecule has 0 unspecified atom stereocenters. The van der Waals surface area contributed by atoms with E-state index >= 15 is 0 Å². The Bertz CT molecular complexity index is 603. The molecule has 0 aromatic heterocycles. The van der Waals surface area contributed by atoms with Crippen LogP contribution in [0.5, 0.6) is 0 Å². The van der Waals surface area contributed by atoms with Crippen LogP contribution in [0.25, 0.3) is 0 Å². The van der Waals surface area contributed by atoms with Crippen molar-refractivity contribution in [3.63, 3.8) is 0 Å². The van der Waals surface area contributed by atoms with Crippen LogP contribution in [0.3, 0.4) is 0 Å². The summed E-state index contributed by atoms with van der Waals surface area (Å²) in [4.78, 5) is 21.8. The molecular weight excluding hydrogens is 580 g/mol. The van der Waals surface area contributed by atoms with Crippen LogP contribution in [0.1, 0.15) is 259 Å². The fourth-order valence-electron chi connectivity index (χ4n) is 6.32. The molecule has 4 nitrogen and oxygen atoms in total. The molecule has 4 heteroatoms. The molecular formula is C43H86O4. The van der Waals surface area contributed by atoms with Crippen LogP contribution in [0.4, 0.5) is 0 Å². The number of hydrogen-bond acceptors (Lipinski definition) is 3. The highest BCUT2D eigenvalue weighted by atomic mass is 16.5. The number of esters is 1. The molecule has 0 amide bonds. The first-order valence-electron chi connectivity index (χ1n) is 21.3. The van der Waals surface area contributed by atoms with Crippen molar-refractivity contribution in [1.82, 2.24) is 0 Å². The van der Waals surface area contributed by atoms with Gasteiger partial charge in [-0.1, -0.05) is 219 Å². The van der Waals surface area contributed by atoms with Gasteiger partial charge in [0.2, 0.25) is 0 Å². The van der Waals surface area contributed by atoms with Gasteiger partial charge in [0, 0.05) is 12.8 Å². The van der Waals surface area contributed by atoms with Crippen LogP contribution in [-0.2, 0) is 14.3 Å². The van der Waals surface area contributed by atoms with Gasteiger partial charge in [0.15, 0.2) is 0 Å². The van der Waals surface area contributed by atoms with E-state index in [9.17, 15) is 9.59 Å². The van der Waals surface area contributed by atoms with Crippen molar-refractivity contribution in [1.29, 1.82) is 0 Å². The summed E-state index contributed by atoms with van der Waals surface area (Å²) in [5, 5.41) is 8.54. The number of carbonyl (C=O) groups excluding carboxylic acids is 1. The number of aliphatic carboxylic acids is 1. The number of carboxylic acids is 1. The first-order chi connectivity index (χ1) is 22.9. The molecule has 0 aliphatic carbocycles. The zero-order valence-electron chi connectivity index (χ0n) is 32.7. The summed E-state index contributed by atoms with van der Waals surface area (Å²) < 4.78 is 5.14. The molecule has 0 bridgehead atoms. The van der Waals surface area contributed by atoms with E-state index in [0.717, 1.165) is 19.3 Å². The van der Waals surface area contributed by atoms with Gasteiger partial charge in [-0.2, -0.15) is 0 Å². The second kappa shape index (κ2) is 43.0. The monoisotopic (exact) mass is 667 g/mol. The second-order valence-electron chi connectivity index (χ2n) is 14.7. The van der Waals surface area contributed by atoms with Gasteiger partial charge in [-0.15, -0.1) is 0 Å². The highest BCUT2D eigenvalue weighted by Crippen LogP contribution is 2.16.